The van der Waals surface area contributed by atoms with E-state index in [1.54, 1.807) is 6.92 Å². The molecule has 8 nitrogen and oxygen atoms in total. The van der Waals surface area contributed by atoms with E-state index in [4.69, 9.17) is 0 Å². The standard InChI is InChI=1S/C31H32F4N2O6/c1-5-19(20-10-11-36-37(30(20)42)15-17-8-6-7-9-21(17)31(2,3)4)24(38)12-18(13-26(40)41)25(39)16-43-29-27(34)22(32)14-23(33)28(29)35/h6-11,14,18-19H,5,12-13,15-16H2,1-4H3,(H,40,41)/t18-,19-/m0/s1. The summed E-state index contributed by atoms with van der Waals surface area (Å²) in [7, 11) is 0. The number of carbonyl (C=O) groups excluding carboxylic acids is 2. The molecule has 3 aromatic rings. The van der Waals surface area contributed by atoms with E-state index in [1.807, 2.05) is 45.0 Å². The maximum atomic E-state index is 13.9. The summed E-state index contributed by atoms with van der Waals surface area (Å²) in [5.41, 5.74) is 1.23. The average Bonchev–Trinajstić information content (AvgIpc) is 2.93. The lowest BCUT2D eigenvalue weighted by Crippen LogP contribution is -2.32. The molecule has 1 N–H and O–H groups in total. The van der Waals surface area contributed by atoms with Crippen molar-refractivity contribution in [3.05, 3.63) is 92.9 Å². The number of aromatic nitrogens is 2. The predicted octanol–water partition coefficient (Wildman–Crippen LogP) is 5.34. The monoisotopic (exact) mass is 604 g/mol. The largest absolute Gasteiger partial charge is 0.481 e. The lowest BCUT2D eigenvalue weighted by atomic mass is 9.83. The molecule has 43 heavy (non-hydrogen) atoms. The highest BCUT2D eigenvalue weighted by Crippen LogP contribution is 2.29. The second-order valence-electron chi connectivity index (χ2n) is 11.1. The molecular formula is C31H32F4N2O6. The summed E-state index contributed by atoms with van der Waals surface area (Å²) >= 11 is 0. The van der Waals surface area contributed by atoms with Crippen molar-refractivity contribution in [2.45, 2.75) is 64.8 Å². The number of carboxylic acids is 1. The summed E-state index contributed by atoms with van der Waals surface area (Å²) < 4.78 is 60.8. The van der Waals surface area contributed by atoms with Crippen LogP contribution in [0.15, 0.2) is 47.4 Å². The Balaban J connectivity index is 1.84. The van der Waals surface area contributed by atoms with Gasteiger partial charge in [-0.05, 0) is 29.0 Å². The zero-order valence-electron chi connectivity index (χ0n) is 24.1. The fraction of sp³-hybridized carbons (Fsp3) is 0.387. The molecule has 0 spiro atoms. The Morgan fingerprint density at radius 3 is 2.19 bits per heavy atom. The first-order valence-corrected chi connectivity index (χ1v) is 13.5. The first-order chi connectivity index (χ1) is 20.1. The summed E-state index contributed by atoms with van der Waals surface area (Å²) in [6, 6.07) is 8.93. The molecule has 12 heteroatoms. The SMILES string of the molecule is CC[C@H](C(=O)C[C@@H](CC(=O)O)C(=O)COc1c(F)c(F)cc(F)c1F)c1ccnn(Cc2ccccc2C(C)(C)C)c1=O. The van der Waals surface area contributed by atoms with Crippen LogP contribution in [-0.4, -0.2) is 39.0 Å². The molecule has 1 heterocycles. The number of benzene rings is 2. The molecule has 0 fully saturated rings. The fourth-order valence-electron chi connectivity index (χ4n) is 4.85. The van der Waals surface area contributed by atoms with Crippen molar-refractivity contribution in [1.82, 2.24) is 9.78 Å². The van der Waals surface area contributed by atoms with Gasteiger partial charge in [-0.2, -0.15) is 13.9 Å². The minimum atomic E-state index is -1.87. The van der Waals surface area contributed by atoms with E-state index in [9.17, 15) is 41.8 Å². The van der Waals surface area contributed by atoms with E-state index < -0.39 is 83.4 Å². The number of Topliss-reactive ketones (excluding diaryl/α,β-unsaturated/α-hetero) is 2. The number of halogens is 4. The van der Waals surface area contributed by atoms with E-state index in [1.165, 1.54) is 16.9 Å². The highest BCUT2D eigenvalue weighted by molar-refractivity contribution is 5.93. The number of ketones is 2. The van der Waals surface area contributed by atoms with Crippen LogP contribution in [0.2, 0.25) is 0 Å². The molecule has 0 bridgehead atoms. The number of ether oxygens (including phenoxy) is 1. The molecule has 0 unspecified atom stereocenters. The van der Waals surface area contributed by atoms with Gasteiger partial charge < -0.3 is 9.84 Å². The highest BCUT2D eigenvalue weighted by atomic mass is 19.2. The molecule has 0 aliphatic carbocycles. The van der Waals surface area contributed by atoms with Crippen LogP contribution in [0.1, 0.15) is 69.6 Å². The van der Waals surface area contributed by atoms with Gasteiger partial charge in [-0.1, -0.05) is 52.0 Å². The zero-order valence-corrected chi connectivity index (χ0v) is 24.1. The molecule has 0 saturated carbocycles. The summed E-state index contributed by atoms with van der Waals surface area (Å²) in [6.07, 6.45) is 0.0442. The van der Waals surface area contributed by atoms with Crippen LogP contribution < -0.4 is 10.3 Å². The van der Waals surface area contributed by atoms with Crippen molar-refractivity contribution < 1.29 is 41.8 Å². The van der Waals surface area contributed by atoms with Gasteiger partial charge in [0, 0.05) is 36.1 Å². The van der Waals surface area contributed by atoms with Gasteiger partial charge in [-0.3, -0.25) is 19.2 Å². The van der Waals surface area contributed by atoms with Gasteiger partial charge in [0.2, 0.25) is 11.6 Å². The normalized spacial score (nSPS) is 12.9. The molecule has 230 valence electrons. The Bertz CT molecular complexity index is 1560. The summed E-state index contributed by atoms with van der Waals surface area (Å²) in [5.74, 6) is -14.4. The van der Waals surface area contributed by atoms with Gasteiger partial charge in [0.05, 0.1) is 13.0 Å². The van der Waals surface area contributed by atoms with Gasteiger partial charge in [0.1, 0.15) is 12.4 Å². The highest BCUT2D eigenvalue weighted by Gasteiger charge is 2.31. The molecule has 0 aliphatic heterocycles. The number of carboxylic acid groups (broad SMARTS) is 1. The van der Waals surface area contributed by atoms with Crippen LogP contribution in [0, 0.1) is 29.2 Å². The van der Waals surface area contributed by atoms with E-state index in [0.717, 1.165) is 11.1 Å². The van der Waals surface area contributed by atoms with E-state index in [0.29, 0.717) is 0 Å². The second kappa shape index (κ2) is 13.7. The summed E-state index contributed by atoms with van der Waals surface area (Å²) in [5, 5.41) is 13.5. The minimum Gasteiger partial charge on any atom is -0.481 e. The van der Waals surface area contributed by atoms with Gasteiger partial charge in [-0.25, -0.2) is 13.5 Å². The topological polar surface area (TPSA) is 116 Å². The molecule has 2 aromatic carbocycles. The van der Waals surface area contributed by atoms with Crippen LogP contribution in [0.4, 0.5) is 17.6 Å². The Hall–Kier alpha value is -4.35. The first kappa shape index (κ1) is 33.2. The summed E-state index contributed by atoms with van der Waals surface area (Å²) in [6.45, 7) is 6.72. The van der Waals surface area contributed by atoms with Crippen molar-refractivity contribution in [1.29, 1.82) is 0 Å². The van der Waals surface area contributed by atoms with Gasteiger partial charge in [0.15, 0.2) is 23.2 Å². The maximum absolute atomic E-state index is 13.9. The van der Waals surface area contributed by atoms with Crippen molar-refractivity contribution in [2.24, 2.45) is 5.92 Å². The zero-order chi connectivity index (χ0) is 32.1. The van der Waals surface area contributed by atoms with Gasteiger partial charge in [0.25, 0.3) is 5.56 Å². The molecule has 0 aliphatic rings. The molecule has 3 rings (SSSR count). The van der Waals surface area contributed by atoms with Crippen LogP contribution in [0.25, 0.3) is 0 Å². The summed E-state index contributed by atoms with van der Waals surface area (Å²) in [4.78, 5) is 51.1. The van der Waals surface area contributed by atoms with Crippen LogP contribution in [0.5, 0.6) is 5.75 Å². The quantitative estimate of drug-likeness (QED) is 0.207. The predicted molar refractivity (Wildman–Crippen MR) is 148 cm³/mol. The number of carbonyl (C=O) groups is 3. The fourth-order valence-corrected chi connectivity index (χ4v) is 4.85. The molecular weight excluding hydrogens is 572 g/mol. The number of rotatable bonds is 13. The molecule has 0 radical (unpaired) electrons. The smallest absolute Gasteiger partial charge is 0.304 e. The van der Waals surface area contributed by atoms with Crippen molar-refractivity contribution in [3.8, 4) is 5.75 Å². The number of hydrogen-bond donors (Lipinski definition) is 1. The van der Waals surface area contributed by atoms with Gasteiger partial charge >= 0.3 is 5.97 Å². The van der Waals surface area contributed by atoms with Crippen LogP contribution >= 0.6 is 0 Å². The van der Waals surface area contributed by atoms with Crippen LogP contribution in [-0.2, 0) is 26.3 Å². The Morgan fingerprint density at radius 2 is 1.60 bits per heavy atom. The molecule has 0 amide bonds. The Morgan fingerprint density at radius 1 is 0.977 bits per heavy atom. The van der Waals surface area contributed by atoms with E-state index >= 15 is 0 Å². The molecule has 1 aromatic heterocycles. The second-order valence-corrected chi connectivity index (χ2v) is 11.1. The lowest BCUT2D eigenvalue weighted by molar-refractivity contribution is -0.141. The Kier molecular flexibility index (Phi) is 10.6. The number of nitrogens with zero attached hydrogens (tertiary/aromatic N) is 2. The van der Waals surface area contributed by atoms with Gasteiger partial charge in [-0.15, -0.1) is 0 Å². The number of hydrogen-bond acceptors (Lipinski definition) is 6. The number of aliphatic carboxylic acids is 1. The molecule has 0 saturated heterocycles. The van der Waals surface area contributed by atoms with Crippen molar-refractivity contribution in [2.75, 3.05) is 6.61 Å². The van der Waals surface area contributed by atoms with E-state index in [-0.39, 0.29) is 30.0 Å². The molecule has 2 atom stereocenters. The third kappa shape index (κ3) is 7.94. The van der Waals surface area contributed by atoms with E-state index in [2.05, 4.69) is 9.84 Å². The van der Waals surface area contributed by atoms with Crippen molar-refractivity contribution >= 4 is 17.5 Å². The lowest BCUT2D eigenvalue weighted by Gasteiger charge is -2.23. The third-order valence-corrected chi connectivity index (χ3v) is 7.01. The third-order valence-electron chi connectivity index (χ3n) is 7.01. The van der Waals surface area contributed by atoms with Crippen LogP contribution in [0.3, 0.4) is 0 Å². The first-order valence-electron chi connectivity index (χ1n) is 13.5. The Labute approximate surface area is 245 Å². The minimum absolute atomic E-state index is 0.0352. The maximum Gasteiger partial charge on any atom is 0.304 e. The average molecular weight is 605 g/mol. The van der Waals surface area contributed by atoms with Crippen molar-refractivity contribution in [3.63, 3.8) is 0 Å².